The van der Waals surface area contributed by atoms with Gasteiger partial charge in [-0.1, -0.05) is 19.9 Å². The average molecular weight is 238 g/mol. The molecule has 1 aromatic carbocycles. The van der Waals surface area contributed by atoms with E-state index in [9.17, 15) is 9.59 Å². The van der Waals surface area contributed by atoms with Crippen LogP contribution in [0.15, 0.2) is 24.3 Å². The zero-order chi connectivity index (χ0) is 13.3. The summed E-state index contributed by atoms with van der Waals surface area (Å²) < 4.78 is 0. The van der Waals surface area contributed by atoms with Crippen molar-refractivity contribution in [3.05, 3.63) is 29.8 Å². The summed E-state index contributed by atoms with van der Waals surface area (Å²) in [5, 5.41) is 11.6. The van der Waals surface area contributed by atoms with Gasteiger partial charge in [0.1, 0.15) is 5.75 Å². The molecule has 0 aliphatic heterocycles. The quantitative estimate of drug-likeness (QED) is 0.731. The van der Waals surface area contributed by atoms with E-state index in [2.05, 4.69) is 5.32 Å². The Labute approximate surface area is 101 Å². The zero-order valence-electron chi connectivity index (χ0n) is 10.1. The van der Waals surface area contributed by atoms with Gasteiger partial charge in [-0.2, -0.15) is 0 Å². The smallest absolute Gasteiger partial charge is 0.251 e. The van der Waals surface area contributed by atoms with Crippen molar-refractivity contribution in [1.29, 1.82) is 0 Å². The zero-order valence-corrected chi connectivity index (χ0v) is 10.1. The maximum absolute atomic E-state index is 11.4. The summed E-state index contributed by atoms with van der Waals surface area (Å²) >= 11 is 0. The largest absolute Gasteiger partial charge is 0.508 e. The van der Waals surface area contributed by atoms with Crippen LogP contribution in [0.1, 0.15) is 30.6 Å². The number of carbonyl (C=O) groups excluding carboxylic acids is 2. The predicted octanol–water partition coefficient (Wildman–Crippen LogP) is 1.02. The molecule has 1 aromatic rings. The van der Waals surface area contributed by atoms with Crippen molar-refractivity contribution in [2.24, 2.45) is 5.73 Å². The second-order valence-corrected chi connectivity index (χ2v) is 3.02. The summed E-state index contributed by atoms with van der Waals surface area (Å²) in [4.78, 5) is 21.8. The lowest BCUT2D eigenvalue weighted by Crippen LogP contribution is -2.27. The van der Waals surface area contributed by atoms with E-state index < -0.39 is 5.91 Å². The van der Waals surface area contributed by atoms with Crippen LogP contribution < -0.4 is 11.1 Å². The third kappa shape index (κ3) is 6.19. The van der Waals surface area contributed by atoms with Crippen LogP contribution in [0.2, 0.25) is 0 Å². The third-order valence-electron chi connectivity index (χ3n) is 1.77. The number of aromatic hydroxyl groups is 1. The average Bonchev–Trinajstić information content (AvgIpc) is 2.31. The van der Waals surface area contributed by atoms with Crippen LogP contribution in [0.3, 0.4) is 0 Å². The molecule has 2 amide bonds. The number of phenols is 1. The van der Waals surface area contributed by atoms with Gasteiger partial charge in [0.15, 0.2) is 0 Å². The van der Waals surface area contributed by atoms with Gasteiger partial charge in [0, 0.05) is 18.5 Å². The lowest BCUT2D eigenvalue weighted by molar-refractivity contribution is -0.117. The van der Waals surface area contributed by atoms with Crippen LogP contribution in [0.4, 0.5) is 0 Å². The molecule has 4 N–H and O–H groups in total. The molecule has 0 aliphatic carbocycles. The Balaban J connectivity index is 0.00000121. The topological polar surface area (TPSA) is 92.4 Å². The monoisotopic (exact) mass is 238 g/mol. The second kappa shape index (κ2) is 8.15. The van der Waals surface area contributed by atoms with Gasteiger partial charge in [-0.05, 0) is 18.2 Å². The molecule has 17 heavy (non-hydrogen) atoms. The van der Waals surface area contributed by atoms with Gasteiger partial charge >= 0.3 is 0 Å². The van der Waals surface area contributed by atoms with Crippen LogP contribution in [-0.2, 0) is 4.79 Å². The van der Waals surface area contributed by atoms with Crippen molar-refractivity contribution in [3.63, 3.8) is 0 Å². The Hall–Kier alpha value is -2.04. The van der Waals surface area contributed by atoms with Crippen molar-refractivity contribution in [1.82, 2.24) is 5.32 Å². The predicted molar refractivity (Wildman–Crippen MR) is 65.6 cm³/mol. The third-order valence-corrected chi connectivity index (χ3v) is 1.77. The molecular weight excluding hydrogens is 220 g/mol. The second-order valence-electron chi connectivity index (χ2n) is 3.02. The molecular formula is C12H18N2O3. The number of amides is 2. The molecule has 0 bridgehead atoms. The highest BCUT2D eigenvalue weighted by Crippen LogP contribution is 2.10. The highest BCUT2D eigenvalue weighted by Gasteiger charge is 2.05. The van der Waals surface area contributed by atoms with Gasteiger partial charge < -0.3 is 16.2 Å². The molecule has 0 aromatic heterocycles. The minimum absolute atomic E-state index is 0.0255. The highest BCUT2D eigenvalue weighted by molar-refractivity contribution is 5.94. The van der Waals surface area contributed by atoms with Crippen molar-refractivity contribution in [2.45, 2.75) is 20.3 Å². The number of rotatable bonds is 4. The molecule has 0 saturated carbocycles. The lowest BCUT2D eigenvalue weighted by Gasteiger charge is -2.03. The van der Waals surface area contributed by atoms with Crippen molar-refractivity contribution in [2.75, 3.05) is 6.54 Å². The van der Waals surface area contributed by atoms with E-state index in [-0.39, 0.29) is 24.6 Å². The van der Waals surface area contributed by atoms with E-state index in [0.29, 0.717) is 5.56 Å². The number of benzene rings is 1. The first-order valence-electron chi connectivity index (χ1n) is 5.45. The Kier molecular flexibility index (Phi) is 7.17. The number of primary amides is 1. The molecule has 0 saturated heterocycles. The van der Waals surface area contributed by atoms with Gasteiger partial charge in [-0.15, -0.1) is 0 Å². The van der Waals surface area contributed by atoms with Crippen LogP contribution in [-0.4, -0.2) is 23.5 Å². The fourth-order valence-electron chi connectivity index (χ4n) is 1.05. The fourth-order valence-corrected chi connectivity index (χ4v) is 1.05. The van der Waals surface area contributed by atoms with Crippen LogP contribution in [0, 0.1) is 0 Å². The minimum Gasteiger partial charge on any atom is -0.508 e. The van der Waals surface area contributed by atoms with Crippen molar-refractivity contribution < 1.29 is 14.7 Å². The first-order valence-corrected chi connectivity index (χ1v) is 5.45. The standard InChI is InChI=1S/C10H12N2O3.C2H6/c11-9(14)4-5-12-10(15)7-2-1-3-8(13)6-7;1-2/h1-3,6,13H,4-5H2,(H2,11,14)(H,12,15);1-2H3. The Morgan fingerprint density at radius 1 is 1.35 bits per heavy atom. The Morgan fingerprint density at radius 3 is 2.53 bits per heavy atom. The molecule has 0 spiro atoms. The van der Waals surface area contributed by atoms with Gasteiger partial charge in [-0.25, -0.2) is 0 Å². The molecule has 0 unspecified atom stereocenters. The molecule has 0 atom stereocenters. The van der Waals surface area contributed by atoms with Crippen LogP contribution in [0.25, 0.3) is 0 Å². The summed E-state index contributed by atoms with van der Waals surface area (Å²) in [6.45, 7) is 4.20. The van der Waals surface area contributed by atoms with Gasteiger partial charge in [0.25, 0.3) is 5.91 Å². The SMILES string of the molecule is CC.NC(=O)CCNC(=O)c1cccc(O)c1. The lowest BCUT2D eigenvalue weighted by atomic mass is 10.2. The van der Waals surface area contributed by atoms with Gasteiger partial charge in [0.05, 0.1) is 0 Å². The molecule has 0 heterocycles. The number of phenolic OH excluding ortho intramolecular Hbond substituents is 1. The summed E-state index contributed by atoms with van der Waals surface area (Å²) in [5.41, 5.74) is 5.26. The van der Waals surface area contributed by atoms with Crippen LogP contribution in [0.5, 0.6) is 5.75 Å². The van der Waals surface area contributed by atoms with E-state index in [1.54, 1.807) is 12.1 Å². The molecule has 5 heteroatoms. The van der Waals surface area contributed by atoms with E-state index in [0.717, 1.165) is 0 Å². The van der Waals surface area contributed by atoms with E-state index in [1.807, 2.05) is 13.8 Å². The van der Waals surface area contributed by atoms with Crippen molar-refractivity contribution in [3.8, 4) is 5.75 Å². The van der Waals surface area contributed by atoms with Gasteiger partial charge in [-0.3, -0.25) is 9.59 Å². The fraction of sp³-hybridized carbons (Fsp3) is 0.333. The number of nitrogens with two attached hydrogens (primary N) is 1. The van der Waals surface area contributed by atoms with E-state index in [1.165, 1.54) is 12.1 Å². The summed E-state index contributed by atoms with van der Waals surface area (Å²) in [5.74, 6) is -0.782. The highest BCUT2D eigenvalue weighted by atomic mass is 16.3. The molecule has 0 aliphatic rings. The first kappa shape index (κ1) is 15.0. The molecule has 0 radical (unpaired) electrons. The van der Waals surface area contributed by atoms with E-state index >= 15 is 0 Å². The summed E-state index contributed by atoms with van der Waals surface area (Å²) in [7, 11) is 0. The molecule has 5 nitrogen and oxygen atoms in total. The van der Waals surface area contributed by atoms with E-state index in [4.69, 9.17) is 10.8 Å². The maximum atomic E-state index is 11.4. The molecule has 0 fully saturated rings. The number of hydrogen-bond donors (Lipinski definition) is 3. The maximum Gasteiger partial charge on any atom is 0.251 e. The first-order chi connectivity index (χ1) is 8.09. The summed E-state index contributed by atoms with van der Waals surface area (Å²) in [6, 6.07) is 5.96. The Bertz CT molecular complexity index is 378. The summed E-state index contributed by atoms with van der Waals surface area (Å²) in [6.07, 6.45) is 0.102. The van der Waals surface area contributed by atoms with Crippen LogP contribution >= 0.6 is 0 Å². The normalized spacial score (nSPS) is 8.82. The number of carbonyl (C=O) groups is 2. The minimum atomic E-state index is -0.466. The van der Waals surface area contributed by atoms with Gasteiger partial charge in [0.2, 0.25) is 5.91 Å². The van der Waals surface area contributed by atoms with Crippen molar-refractivity contribution >= 4 is 11.8 Å². The number of hydrogen-bond acceptors (Lipinski definition) is 3. The Morgan fingerprint density at radius 2 is 2.00 bits per heavy atom. The molecule has 94 valence electrons. The molecule has 1 rings (SSSR count). The number of nitrogens with one attached hydrogen (secondary N) is 1.